The lowest BCUT2D eigenvalue weighted by Crippen LogP contribution is -2.27. The van der Waals surface area contributed by atoms with E-state index < -0.39 is 0 Å². The van der Waals surface area contributed by atoms with E-state index in [4.69, 9.17) is 11.6 Å². The van der Waals surface area contributed by atoms with Gasteiger partial charge in [0.15, 0.2) is 0 Å². The summed E-state index contributed by atoms with van der Waals surface area (Å²) in [6.07, 6.45) is 1.42. The molecule has 0 bridgehead atoms. The summed E-state index contributed by atoms with van der Waals surface area (Å²) in [7, 11) is 0. The summed E-state index contributed by atoms with van der Waals surface area (Å²) in [6, 6.07) is 15.0. The van der Waals surface area contributed by atoms with E-state index in [-0.39, 0.29) is 18.0 Å². The van der Waals surface area contributed by atoms with Gasteiger partial charge >= 0.3 is 0 Å². The fourth-order valence-corrected chi connectivity index (χ4v) is 4.41. The quantitative estimate of drug-likeness (QED) is 0.500. The van der Waals surface area contributed by atoms with Gasteiger partial charge in [0.05, 0.1) is 22.4 Å². The van der Waals surface area contributed by atoms with Crippen LogP contribution in [0.25, 0.3) is 21.3 Å². The maximum Gasteiger partial charge on any atom is 0.263 e. The summed E-state index contributed by atoms with van der Waals surface area (Å²) in [5.41, 5.74) is 3.27. The Balaban J connectivity index is 1.71. The summed E-state index contributed by atoms with van der Waals surface area (Å²) in [5.74, 6) is -0.342. The Morgan fingerprint density at radius 3 is 2.59 bits per heavy atom. The number of nitrogens with zero attached hydrogens (tertiary/aromatic N) is 2. The van der Waals surface area contributed by atoms with Gasteiger partial charge in [-0.05, 0) is 31.5 Å². The third kappa shape index (κ3) is 3.81. The number of aromatic nitrogens is 2. The second kappa shape index (κ2) is 7.81. The number of hydrogen-bond acceptors (Lipinski definition) is 4. The number of carbonyl (C=O) groups is 1. The van der Waals surface area contributed by atoms with Crippen LogP contribution in [0.4, 0.5) is 5.69 Å². The van der Waals surface area contributed by atoms with Crippen LogP contribution in [0, 0.1) is 13.8 Å². The number of hydrogen-bond donors (Lipinski definition) is 1. The molecule has 0 unspecified atom stereocenters. The first-order chi connectivity index (χ1) is 13.9. The number of anilines is 1. The van der Waals surface area contributed by atoms with Gasteiger partial charge in [0.1, 0.15) is 11.4 Å². The minimum atomic E-state index is -0.342. The minimum absolute atomic E-state index is 0.144. The molecule has 0 radical (unpaired) electrons. The van der Waals surface area contributed by atoms with Crippen LogP contribution in [0.2, 0.25) is 5.02 Å². The van der Waals surface area contributed by atoms with Gasteiger partial charge in [-0.3, -0.25) is 14.2 Å². The Kier molecular flexibility index (Phi) is 5.22. The van der Waals surface area contributed by atoms with Crippen LogP contribution < -0.4 is 10.9 Å². The van der Waals surface area contributed by atoms with Gasteiger partial charge in [0.2, 0.25) is 5.91 Å². The van der Waals surface area contributed by atoms with E-state index in [1.54, 1.807) is 24.3 Å². The van der Waals surface area contributed by atoms with E-state index in [2.05, 4.69) is 10.3 Å². The largest absolute Gasteiger partial charge is 0.323 e. The molecule has 1 N–H and O–H groups in total. The van der Waals surface area contributed by atoms with Crippen molar-refractivity contribution in [2.45, 2.75) is 20.4 Å². The molecule has 0 aliphatic carbocycles. The highest BCUT2D eigenvalue weighted by molar-refractivity contribution is 7.19. The van der Waals surface area contributed by atoms with Crippen molar-refractivity contribution in [2.75, 3.05) is 5.32 Å². The third-order valence-corrected chi connectivity index (χ3v) is 6.00. The highest BCUT2D eigenvalue weighted by Gasteiger charge is 2.18. The SMILES string of the molecule is Cc1ccc(-c2c(C)sc3ncn(CC(=O)Nc4ccccc4Cl)c(=O)c23)cc1. The second-order valence-corrected chi connectivity index (χ2v) is 8.40. The monoisotopic (exact) mass is 423 g/mol. The Morgan fingerprint density at radius 2 is 1.86 bits per heavy atom. The fourth-order valence-electron chi connectivity index (χ4n) is 3.23. The molecule has 0 fully saturated rings. The van der Waals surface area contributed by atoms with Crippen LogP contribution >= 0.6 is 22.9 Å². The van der Waals surface area contributed by atoms with E-state index in [1.807, 2.05) is 38.1 Å². The zero-order valence-electron chi connectivity index (χ0n) is 15.9. The number of para-hydroxylation sites is 1. The first kappa shape index (κ1) is 19.4. The van der Waals surface area contributed by atoms with Gasteiger partial charge in [-0.15, -0.1) is 11.3 Å². The smallest absolute Gasteiger partial charge is 0.263 e. The lowest BCUT2D eigenvalue weighted by molar-refractivity contribution is -0.116. The summed E-state index contributed by atoms with van der Waals surface area (Å²) >= 11 is 7.57. The summed E-state index contributed by atoms with van der Waals surface area (Å²) < 4.78 is 1.33. The van der Waals surface area contributed by atoms with Crippen LogP contribution in [0.3, 0.4) is 0 Å². The number of halogens is 1. The van der Waals surface area contributed by atoms with Crippen LogP contribution in [0.5, 0.6) is 0 Å². The highest BCUT2D eigenvalue weighted by atomic mass is 35.5. The summed E-state index contributed by atoms with van der Waals surface area (Å²) in [6.45, 7) is 3.86. The maximum absolute atomic E-state index is 13.2. The molecule has 0 saturated carbocycles. The van der Waals surface area contributed by atoms with Gasteiger partial charge in [0, 0.05) is 10.4 Å². The van der Waals surface area contributed by atoms with E-state index in [9.17, 15) is 9.59 Å². The van der Waals surface area contributed by atoms with Crippen molar-refractivity contribution in [2.24, 2.45) is 0 Å². The van der Waals surface area contributed by atoms with Crippen molar-refractivity contribution in [1.82, 2.24) is 9.55 Å². The molecule has 5 nitrogen and oxygen atoms in total. The molecule has 4 aromatic rings. The van der Waals surface area contributed by atoms with Crippen molar-refractivity contribution in [3.63, 3.8) is 0 Å². The lowest BCUT2D eigenvalue weighted by atomic mass is 10.0. The zero-order valence-corrected chi connectivity index (χ0v) is 17.5. The highest BCUT2D eigenvalue weighted by Crippen LogP contribution is 2.35. The molecular formula is C22H18ClN3O2S. The Hall–Kier alpha value is -2.96. The number of aryl methyl sites for hydroxylation is 2. The van der Waals surface area contributed by atoms with Gasteiger partial charge in [0.25, 0.3) is 5.56 Å². The predicted octanol–water partition coefficient (Wildman–Crippen LogP) is 5.03. The molecule has 0 atom stereocenters. The number of rotatable bonds is 4. The van der Waals surface area contributed by atoms with E-state index >= 15 is 0 Å². The average Bonchev–Trinajstić information content (AvgIpc) is 3.03. The predicted molar refractivity (Wildman–Crippen MR) is 119 cm³/mol. The molecular weight excluding hydrogens is 406 g/mol. The van der Waals surface area contributed by atoms with Gasteiger partial charge < -0.3 is 5.32 Å². The van der Waals surface area contributed by atoms with E-state index in [0.29, 0.717) is 20.9 Å². The number of carbonyl (C=O) groups excluding carboxylic acids is 1. The first-order valence-electron chi connectivity index (χ1n) is 9.04. The van der Waals surface area contributed by atoms with Crippen molar-refractivity contribution >= 4 is 44.7 Å². The number of benzene rings is 2. The number of nitrogens with one attached hydrogen (secondary N) is 1. The molecule has 0 aliphatic heterocycles. The van der Waals surface area contributed by atoms with Gasteiger partial charge in [-0.25, -0.2) is 4.98 Å². The minimum Gasteiger partial charge on any atom is -0.323 e. The maximum atomic E-state index is 13.2. The van der Waals surface area contributed by atoms with E-state index in [1.165, 1.54) is 22.2 Å². The molecule has 2 aromatic carbocycles. The zero-order chi connectivity index (χ0) is 20.5. The second-order valence-electron chi connectivity index (χ2n) is 6.79. The van der Waals surface area contributed by atoms with Crippen molar-refractivity contribution < 1.29 is 4.79 Å². The molecule has 0 aliphatic rings. The molecule has 29 heavy (non-hydrogen) atoms. The van der Waals surface area contributed by atoms with Crippen molar-refractivity contribution in [3.05, 3.63) is 80.7 Å². The van der Waals surface area contributed by atoms with Crippen LogP contribution in [-0.2, 0) is 11.3 Å². The average molecular weight is 424 g/mol. The molecule has 146 valence electrons. The summed E-state index contributed by atoms with van der Waals surface area (Å²) in [4.78, 5) is 31.8. The molecule has 2 aromatic heterocycles. The Bertz CT molecular complexity index is 1280. The summed E-state index contributed by atoms with van der Waals surface area (Å²) in [5, 5.41) is 3.72. The Morgan fingerprint density at radius 1 is 1.14 bits per heavy atom. The topological polar surface area (TPSA) is 64.0 Å². The van der Waals surface area contributed by atoms with Crippen LogP contribution in [0.15, 0.2) is 59.7 Å². The molecule has 4 rings (SSSR count). The Labute approximate surface area is 176 Å². The normalized spacial score (nSPS) is 11.0. The third-order valence-electron chi connectivity index (χ3n) is 4.66. The lowest BCUT2D eigenvalue weighted by Gasteiger charge is -2.09. The molecule has 1 amide bonds. The van der Waals surface area contributed by atoms with Gasteiger partial charge in [-0.1, -0.05) is 53.6 Å². The molecule has 7 heteroatoms. The molecule has 2 heterocycles. The number of amides is 1. The fraction of sp³-hybridized carbons (Fsp3) is 0.136. The standard InChI is InChI=1S/C22H18ClN3O2S/c1-13-7-9-15(10-8-13)19-14(2)29-21-20(19)22(28)26(12-24-21)11-18(27)25-17-6-4-3-5-16(17)23/h3-10,12H,11H2,1-2H3,(H,25,27). The first-order valence-corrected chi connectivity index (χ1v) is 10.2. The van der Waals surface area contributed by atoms with Crippen LogP contribution in [0.1, 0.15) is 10.4 Å². The van der Waals surface area contributed by atoms with E-state index in [0.717, 1.165) is 21.6 Å². The number of fused-ring (bicyclic) bond motifs is 1. The van der Waals surface area contributed by atoms with Gasteiger partial charge in [-0.2, -0.15) is 0 Å². The molecule has 0 spiro atoms. The number of thiophene rings is 1. The van der Waals surface area contributed by atoms with Crippen molar-refractivity contribution in [1.29, 1.82) is 0 Å². The molecule has 0 saturated heterocycles. The van der Waals surface area contributed by atoms with Crippen LogP contribution in [-0.4, -0.2) is 15.5 Å². The van der Waals surface area contributed by atoms with Crippen molar-refractivity contribution in [3.8, 4) is 11.1 Å².